The van der Waals surface area contributed by atoms with E-state index in [0.717, 1.165) is 11.3 Å². The van der Waals surface area contributed by atoms with Gasteiger partial charge in [0.15, 0.2) is 0 Å². The smallest absolute Gasteiger partial charge is 0.410 e. The van der Waals surface area contributed by atoms with Crippen LogP contribution in [0.15, 0.2) is 54.9 Å². The Balaban J connectivity index is 1.66. The van der Waals surface area contributed by atoms with Crippen molar-refractivity contribution in [3.8, 4) is 5.75 Å². The average Bonchev–Trinajstić information content (AvgIpc) is 2.76. The Kier molecular flexibility index (Phi) is 10.5. The van der Waals surface area contributed by atoms with Crippen molar-refractivity contribution in [3.63, 3.8) is 0 Å². The van der Waals surface area contributed by atoms with Gasteiger partial charge in [-0.3, -0.25) is 9.78 Å². The van der Waals surface area contributed by atoms with E-state index in [1.807, 2.05) is 63.2 Å². The molecule has 1 heterocycles. The molecule has 0 atom stereocenters. The second-order valence-corrected chi connectivity index (χ2v) is 8.18. The van der Waals surface area contributed by atoms with Crippen molar-refractivity contribution in [1.29, 1.82) is 0 Å². The lowest BCUT2D eigenvalue weighted by Crippen LogP contribution is -2.38. The number of carbonyl (C=O) groups is 2. The molecule has 2 amide bonds. The van der Waals surface area contributed by atoms with Gasteiger partial charge < -0.3 is 24.4 Å². The zero-order chi connectivity index (χ0) is 23.2. The highest BCUT2D eigenvalue weighted by molar-refractivity contribution is 5.77. The molecule has 1 N–H and O–H groups in total. The first kappa shape index (κ1) is 25.1. The number of amides is 2. The van der Waals surface area contributed by atoms with E-state index in [2.05, 4.69) is 10.3 Å². The monoisotopic (exact) mass is 443 g/mol. The van der Waals surface area contributed by atoms with E-state index in [1.165, 1.54) is 0 Å². The van der Waals surface area contributed by atoms with Crippen molar-refractivity contribution < 1.29 is 23.8 Å². The molecule has 8 heteroatoms. The minimum Gasteiger partial charge on any atom is -0.491 e. The highest BCUT2D eigenvalue weighted by atomic mass is 16.6. The number of hydrogen-bond acceptors (Lipinski definition) is 6. The van der Waals surface area contributed by atoms with Crippen LogP contribution in [0, 0.1) is 0 Å². The van der Waals surface area contributed by atoms with Crippen LogP contribution in [0.5, 0.6) is 5.75 Å². The molecule has 1 aromatic heterocycles. The molecule has 0 saturated carbocycles. The standard InChI is InChI=1S/C24H33N3O5/c1-24(2,3)32-23(29)27(18-20-9-7-12-25-17-20)14-8-13-26-22(28)19-30-15-16-31-21-10-5-4-6-11-21/h4-7,9-12,17H,8,13-16,18-19H2,1-3H3,(H,26,28). The third-order valence-corrected chi connectivity index (χ3v) is 4.15. The molecular weight excluding hydrogens is 410 g/mol. The van der Waals surface area contributed by atoms with Gasteiger partial charge >= 0.3 is 6.09 Å². The summed E-state index contributed by atoms with van der Waals surface area (Å²) >= 11 is 0. The molecule has 2 rings (SSSR count). The number of nitrogens with one attached hydrogen (secondary N) is 1. The molecular formula is C24H33N3O5. The van der Waals surface area contributed by atoms with Crippen molar-refractivity contribution in [2.24, 2.45) is 0 Å². The maximum Gasteiger partial charge on any atom is 0.410 e. The lowest BCUT2D eigenvalue weighted by molar-refractivity contribution is -0.125. The summed E-state index contributed by atoms with van der Waals surface area (Å²) in [6, 6.07) is 13.2. The molecule has 0 spiro atoms. The molecule has 1 aromatic carbocycles. The molecule has 0 aliphatic carbocycles. The summed E-state index contributed by atoms with van der Waals surface area (Å²) in [5, 5.41) is 2.80. The molecule has 0 aliphatic rings. The van der Waals surface area contributed by atoms with Gasteiger partial charge in [0.2, 0.25) is 5.91 Å². The molecule has 32 heavy (non-hydrogen) atoms. The zero-order valence-electron chi connectivity index (χ0n) is 19.1. The van der Waals surface area contributed by atoms with E-state index in [4.69, 9.17) is 14.2 Å². The Morgan fingerprint density at radius 1 is 1.06 bits per heavy atom. The minimum atomic E-state index is -0.583. The van der Waals surface area contributed by atoms with Crippen LogP contribution in [0.3, 0.4) is 0 Å². The SMILES string of the molecule is CC(C)(C)OC(=O)N(CCCNC(=O)COCCOc1ccccc1)Cc1cccnc1. The van der Waals surface area contributed by atoms with Crippen molar-refractivity contribution in [2.75, 3.05) is 32.9 Å². The first-order chi connectivity index (χ1) is 15.3. The van der Waals surface area contributed by atoms with Crippen LogP contribution in [-0.2, 0) is 20.8 Å². The number of rotatable bonds is 12. The van der Waals surface area contributed by atoms with Gasteiger partial charge in [-0.05, 0) is 51.0 Å². The summed E-state index contributed by atoms with van der Waals surface area (Å²) in [5.41, 5.74) is 0.327. The van der Waals surface area contributed by atoms with Gasteiger partial charge in [-0.2, -0.15) is 0 Å². The van der Waals surface area contributed by atoms with Crippen LogP contribution in [0.4, 0.5) is 4.79 Å². The van der Waals surface area contributed by atoms with Gasteiger partial charge in [0.05, 0.1) is 13.2 Å². The first-order valence-electron chi connectivity index (χ1n) is 10.7. The van der Waals surface area contributed by atoms with Crippen molar-refractivity contribution in [2.45, 2.75) is 39.3 Å². The highest BCUT2D eigenvalue weighted by Gasteiger charge is 2.22. The average molecular weight is 444 g/mol. The fourth-order valence-electron chi connectivity index (χ4n) is 2.72. The topological polar surface area (TPSA) is 90.0 Å². The molecule has 0 aliphatic heterocycles. The zero-order valence-corrected chi connectivity index (χ0v) is 19.1. The van der Waals surface area contributed by atoms with E-state index in [9.17, 15) is 9.59 Å². The number of pyridine rings is 1. The predicted molar refractivity (Wildman–Crippen MR) is 121 cm³/mol. The number of benzene rings is 1. The van der Waals surface area contributed by atoms with Gasteiger partial charge in [-0.15, -0.1) is 0 Å². The van der Waals surface area contributed by atoms with Crippen LogP contribution < -0.4 is 10.1 Å². The first-order valence-corrected chi connectivity index (χ1v) is 10.7. The maximum atomic E-state index is 12.6. The lowest BCUT2D eigenvalue weighted by atomic mass is 10.2. The molecule has 174 valence electrons. The Hall–Kier alpha value is -3.13. The molecule has 0 unspecified atom stereocenters. The van der Waals surface area contributed by atoms with Gasteiger partial charge in [0, 0.05) is 25.5 Å². The van der Waals surface area contributed by atoms with Gasteiger partial charge in [0.25, 0.3) is 0 Å². The van der Waals surface area contributed by atoms with Gasteiger partial charge in [-0.1, -0.05) is 24.3 Å². The van der Waals surface area contributed by atoms with Gasteiger partial charge in [0.1, 0.15) is 24.6 Å². The lowest BCUT2D eigenvalue weighted by Gasteiger charge is -2.27. The quantitative estimate of drug-likeness (QED) is 0.506. The largest absolute Gasteiger partial charge is 0.491 e. The Morgan fingerprint density at radius 2 is 1.84 bits per heavy atom. The minimum absolute atomic E-state index is 0.0381. The molecule has 0 fully saturated rings. The van der Waals surface area contributed by atoms with E-state index in [-0.39, 0.29) is 12.5 Å². The van der Waals surface area contributed by atoms with E-state index in [0.29, 0.717) is 39.3 Å². The number of aromatic nitrogens is 1. The van der Waals surface area contributed by atoms with E-state index >= 15 is 0 Å². The maximum absolute atomic E-state index is 12.6. The van der Waals surface area contributed by atoms with E-state index < -0.39 is 11.7 Å². The van der Waals surface area contributed by atoms with Crippen LogP contribution in [0.25, 0.3) is 0 Å². The van der Waals surface area contributed by atoms with E-state index in [1.54, 1.807) is 17.3 Å². The Labute approximate surface area is 189 Å². The van der Waals surface area contributed by atoms with Crippen molar-refractivity contribution >= 4 is 12.0 Å². The van der Waals surface area contributed by atoms with Crippen LogP contribution in [0.1, 0.15) is 32.8 Å². The summed E-state index contributed by atoms with van der Waals surface area (Å²) in [5.74, 6) is 0.558. The number of carbonyl (C=O) groups excluding carboxylic acids is 2. The van der Waals surface area contributed by atoms with Crippen molar-refractivity contribution in [1.82, 2.24) is 15.2 Å². The number of nitrogens with zero attached hydrogens (tertiary/aromatic N) is 2. The number of para-hydroxylation sites is 1. The van der Waals surface area contributed by atoms with Gasteiger partial charge in [-0.25, -0.2) is 4.79 Å². The fourth-order valence-corrected chi connectivity index (χ4v) is 2.72. The summed E-state index contributed by atoms with van der Waals surface area (Å²) in [6.45, 7) is 7.40. The summed E-state index contributed by atoms with van der Waals surface area (Å²) < 4.78 is 16.4. The van der Waals surface area contributed by atoms with Crippen LogP contribution in [0.2, 0.25) is 0 Å². The molecule has 0 radical (unpaired) electrons. The molecule has 8 nitrogen and oxygen atoms in total. The molecule has 0 bridgehead atoms. The highest BCUT2D eigenvalue weighted by Crippen LogP contribution is 2.13. The summed E-state index contributed by atoms with van der Waals surface area (Å²) in [7, 11) is 0. The second kappa shape index (κ2) is 13.3. The predicted octanol–water partition coefficient (Wildman–Crippen LogP) is 3.42. The fraction of sp³-hybridized carbons (Fsp3) is 0.458. The third-order valence-electron chi connectivity index (χ3n) is 4.15. The molecule has 2 aromatic rings. The Bertz CT molecular complexity index is 809. The molecule has 0 saturated heterocycles. The normalized spacial score (nSPS) is 11.0. The summed E-state index contributed by atoms with van der Waals surface area (Å²) in [6.07, 6.45) is 3.60. The van der Waals surface area contributed by atoms with Crippen molar-refractivity contribution in [3.05, 3.63) is 60.4 Å². The van der Waals surface area contributed by atoms with Crippen LogP contribution >= 0.6 is 0 Å². The van der Waals surface area contributed by atoms with Crippen LogP contribution in [-0.4, -0.2) is 60.4 Å². The number of ether oxygens (including phenoxy) is 3. The second-order valence-electron chi connectivity index (χ2n) is 8.18. The number of hydrogen-bond donors (Lipinski definition) is 1. The summed E-state index contributed by atoms with van der Waals surface area (Å²) in [4.78, 5) is 30.2. The third kappa shape index (κ3) is 10.8. The Morgan fingerprint density at radius 3 is 2.53 bits per heavy atom.